The average molecular weight is 201 g/mol. The molecule has 0 radical (unpaired) electrons. The molecule has 0 bridgehead atoms. The lowest BCUT2D eigenvalue weighted by Gasteiger charge is -2.24. The zero-order valence-electron chi connectivity index (χ0n) is 10.5. The average Bonchev–Trinajstić information content (AvgIpc) is 2.10. The normalized spacial score (nSPS) is 12.0. The topological polar surface area (TPSA) is 18.5 Å². The van der Waals surface area contributed by atoms with Crippen molar-refractivity contribution < 1.29 is 0 Å². The first-order chi connectivity index (χ1) is 6.57. The van der Waals surface area contributed by atoms with Crippen LogP contribution in [0.2, 0.25) is 0 Å². The smallest absolute Gasteiger partial charge is 0.0109 e. The van der Waals surface area contributed by atoms with Crippen LogP contribution in [0, 0.1) is 0 Å². The van der Waals surface area contributed by atoms with Gasteiger partial charge in [-0.05, 0) is 34.5 Å². The summed E-state index contributed by atoms with van der Waals surface area (Å²) >= 11 is 0. The minimum absolute atomic E-state index is 0.663. The van der Waals surface area contributed by atoms with Crippen LogP contribution >= 0.6 is 0 Å². The third-order valence-corrected chi connectivity index (χ3v) is 2.45. The predicted octanol–water partition coefficient (Wildman–Crippen LogP) is 0.868. The van der Waals surface area contributed by atoms with Crippen LogP contribution in [-0.4, -0.2) is 62.7 Å². The van der Waals surface area contributed by atoms with Gasteiger partial charge in [0.2, 0.25) is 0 Å². The van der Waals surface area contributed by atoms with Gasteiger partial charge >= 0.3 is 0 Å². The molecule has 0 aromatic rings. The van der Waals surface area contributed by atoms with E-state index in [0.29, 0.717) is 6.04 Å². The molecule has 0 heterocycles. The number of rotatable bonds is 8. The monoisotopic (exact) mass is 201 g/mol. The molecule has 0 aliphatic carbocycles. The maximum absolute atomic E-state index is 3.45. The van der Waals surface area contributed by atoms with E-state index < -0.39 is 0 Å². The van der Waals surface area contributed by atoms with E-state index in [1.807, 2.05) is 0 Å². The number of nitrogens with zero attached hydrogens (tertiary/aromatic N) is 2. The minimum Gasteiger partial charge on any atom is -0.314 e. The highest BCUT2D eigenvalue weighted by atomic mass is 15.2. The summed E-state index contributed by atoms with van der Waals surface area (Å²) in [5, 5.41) is 3.45. The molecule has 0 aliphatic rings. The Morgan fingerprint density at radius 3 is 2.07 bits per heavy atom. The highest BCUT2D eigenvalue weighted by molar-refractivity contribution is 4.62. The third-order valence-electron chi connectivity index (χ3n) is 2.45. The van der Waals surface area contributed by atoms with Gasteiger partial charge < -0.3 is 10.2 Å². The summed E-state index contributed by atoms with van der Waals surface area (Å²) in [4.78, 5) is 4.68. The van der Waals surface area contributed by atoms with E-state index in [4.69, 9.17) is 0 Å². The van der Waals surface area contributed by atoms with E-state index >= 15 is 0 Å². The van der Waals surface area contributed by atoms with Gasteiger partial charge in [0.25, 0.3) is 0 Å². The summed E-state index contributed by atoms with van der Waals surface area (Å²) in [6.45, 7) is 12.3. The number of nitrogens with one attached hydrogen (secondary N) is 1. The highest BCUT2D eigenvalue weighted by Crippen LogP contribution is 1.94. The molecular weight excluding hydrogens is 174 g/mol. The van der Waals surface area contributed by atoms with Gasteiger partial charge in [-0.15, -0.1) is 0 Å². The zero-order valence-corrected chi connectivity index (χ0v) is 10.5. The molecule has 0 saturated heterocycles. The van der Waals surface area contributed by atoms with E-state index in [0.717, 1.165) is 32.7 Å². The van der Waals surface area contributed by atoms with E-state index in [2.05, 4.69) is 50.0 Å². The lowest BCUT2D eigenvalue weighted by molar-refractivity contribution is 0.233. The van der Waals surface area contributed by atoms with Crippen LogP contribution in [0.25, 0.3) is 0 Å². The van der Waals surface area contributed by atoms with Crippen LogP contribution in [-0.2, 0) is 0 Å². The molecule has 0 atom stereocenters. The lowest BCUT2D eigenvalue weighted by Crippen LogP contribution is -2.38. The van der Waals surface area contributed by atoms with Crippen molar-refractivity contribution in [1.29, 1.82) is 0 Å². The molecule has 0 aromatic heterocycles. The SMILES string of the molecule is CCN(CCNCCN(C)C)C(C)C. The maximum atomic E-state index is 3.45. The Morgan fingerprint density at radius 2 is 1.64 bits per heavy atom. The van der Waals surface area contributed by atoms with Gasteiger partial charge in [0.15, 0.2) is 0 Å². The number of hydrogen-bond donors (Lipinski definition) is 1. The summed E-state index contributed by atoms with van der Waals surface area (Å²) in [5.41, 5.74) is 0. The largest absolute Gasteiger partial charge is 0.314 e. The quantitative estimate of drug-likeness (QED) is 0.588. The molecule has 1 N–H and O–H groups in total. The Labute approximate surface area is 89.5 Å². The standard InChI is InChI=1S/C11H27N3/c1-6-14(11(2)3)10-8-12-7-9-13(4)5/h11-12H,6-10H2,1-5H3. The van der Waals surface area contributed by atoms with Gasteiger partial charge in [-0.3, -0.25) is 4.90 Å². The third kappa shape index (κ3) is 7.30. The summed E-state index contributed by atoms with van der Waals surface area (Å²) in [7, 11) is 4.21. The van der Waals surface area contributed by atoms with Crippen LogP contribution in [0.1, 0.15) is 20.8 Å². The second-order valence-corrected chi connectivity index (χ2v) is 4.28. The highest BCUT2D eigenvalue weighted by Gasteiger charge is 2.04. The molecule has 3 heteroatoms. The second-order valence-electron chi connectivity index (χ2n) is 4.28. The fourth-order valence-corrected chi connectivity index (χ4v) is 1.43. The summed E-state index contributed by atoms with van der Waals surface area (Å²) in [6.07, 6.45) is 0. The Hall–Kier alpha value is -0.120. The minimum atomic E-state index is 0.663. The first-order valence-corrected chi connectivity index (χ1v) is 5.67. The molecule has 0 amide bonds. The Kier molecular flexibility index (Phi) is 8.14. The van der Waals surface area contributed by atoms with Crippen molar-refractivity contribution in [3.63, 3.8) is 0 Å². The van der Waals surface area contributed by atoms with Crippen LogP contribution in [0.15, 0.2) is 0 Å². The molecule has 14 heavy (non-hydrogen) atoms. The number of likely N-dealkylation sites (N-methyl/N-ethyl adjacent to an activating group) is 2. The zero-order chi connectivity index (χ0) is 11.0. The molecule has 3 nitrogen and oxygen atoms in total. The molecule has 0 aliphatic heterocycles. The van der Waals surface area contributed by atoms with E-state index in [1.54, 1.807) is 0 Å². The Balaban J connectivity index is 3.33. The lowest BCUT2D eigenvalue weighted by atomic mass is 10.3. The molecule has 0 aromatic carbocycles. The van der Waals surface area contributed by atoms with Gasteiger partial charge in [0.05, 0.1) is 0 Å². The Bertz CT molecular complexity index is 124. The van der Waals surface area contributed by atoms with Crippen molar-refractivity contribution in [2.75, 3.05) is 46.8 Å². The molecular formula is C11H27N3. The van der Waals surface area contributed by atoms with Gasteiger partial charge in [-0.25, -0.2) is 0 Å². The van der Waals surface area contributed by atoms with Crippen molar-refractivity contribution in [3.8, 4) is 0 Å². The summed E-state index contributed by atoms with van der Waals surface area (Å²) in [6, 6.07) is 0.663. The van der Waals surface area contributed by atoms with E-state index in [9.17, 15) is 0 Å². The molecule has 0 fully saturated rings. The molecule has 0 saturated carbocycles. The van der Waals surface area contributed by atoms with Gasteiger partial charge in [0.1, 0.15) is 0 Å². The van der Waals surface area contributed by atoms with Gasteiger partial charge in [-0.1, -0.05) is 6.92 Å². The first kappa shape index (κ1) is 13.9. The van der Waals surface area contributed by atoms with Gasteiger partial charge in [-0.2, -0.15) is 0 Å². The molecule has 0 rings (SSSR count). The van der Waals surface area contributed by atoms with Crippen molar-refractivity contribution in [3.05, 3.63) is 0 Å². The van der Waals surface area contributed by atoms with Crippen molar-refractivity contribution in [2.45, 2.75) is 26.8 Å². The van der Waals surface area contributed by atoms with Crippen molar-refractivity contribution in [1.82, 2.24) is 15.1 Å². The molecule has 0 spiro atoms. The second kappa shape index (κ2) is 8.21. The van der Waals surface area contributed by atoms with E-state index in [-0.39, 0.29) is 0 Å². The molecule has 0 unspecified atom stereocenters. The van der Waals surface area contributed by atoms with E-state index in [1.165, 1.54) is 0 Å². The fraction of sp³-hybridized carbons (Fsp3) is 1.00. The van der Waals surface area contributed by atoms with Crippen LogP contribution in [0.4, 0.5) is 0 Å². The van der Waals surface area contributed by atoms with Crippen LogP contribution < -0.4 is 5.32 Å². The van der Waals surface area contributed by atoms with Crippen LogP contribution in [0.3, 0.4) is 0 Å². The predicted molar refractivity (Wildman–Crippen MR) is 63.8 cm³/mol. The summed E-state index contributed by atoms with van der Waals surface area (Å²) in [5.74, 6) is 0. The van der Waals surface area contributed by atoms with Gasteiger partial charge in [0, 0.05) is 32.2 Å². The first-order valence-electron chi connectivity index (χ1n) is 5.67. The fourth-order valence-electron chi connectivity index (χ4n) is 1.43. The Morgan fingerprint density at radius 1 is 1.07 bits per heavy atom. The maximum Gasteiger partial charge on any atom is 0.0109 e. The van der Waals surface area contributed by atoms with Crippen molar-refractivity contribution >= 4 is 0 Å². The number of hydrogen-bond acceptors (Lipinski definition) is 3. The van der Waals surface area contributed by atoms with Crippen LogP contribution in [0.5, 0.6) is 0 Å². The molecule has 86 valence electrons. The summed E-state index contributed by atoms with van der Waals surface area (Å²) < 4.78 is 0. The van der Waals surface area contributed by atoms with Crippen molar-refractivity contribution in [2.24, 2.45) is 0 Å².